The van der Waals surface area contributed by atoms with Gasteiger partial charge < -0.3 is 9.84 Å². The minimum atomic E-state index is -1.44. The third kappa shape index (κ3) is 2.25. The second-order valence-electron chi connectivity index (χ2n) is 2.98. The summed E-state index contributed by atoms with van der Waals surface area (Å²) in [6, 6.07) is 0. The van der Waals surface area contributed by atoms with Crippen molar-refractivity contribution in [2.75, 3.05) is 7.11 Å². The molecule has 7 nitrogen and oxygen atoms in total. The van der Waals surface area contributed by atoms with E-state index in [1.807, 2.05) is 0 Å². The van der Waals surface area contributed by atoms with Crippen LogP contribution in [0, 0.1) is 0 Å². The van der Waals surface area contributed by atoms with E-state index in [1.54, 1.807) is 0 Å². The van der Waals surface area contributed by atoms with Crippen molar-refractivity contribution in [1.82, 2.24) is 4.90 Å². The van der Waals surface area contributed by atoms with Gasteiger partial charge in [0.2, 0.25) is 11.8 Å². The molecule has 2 amide bonds. The number of nitrogens with zero attached hydrogens (tertiary/aromatic N) is 1. The zero-order chi connectivity index (χ0) is 12.3. The Kier molecular flexibility index (Phi) is 3.39. The first-order valence-electron chi connectivity index (χ1n) is 4.36. The van der Waals surface area contributed by atoms with Gasteiger partial charge in [-0.1, -0.05) is 0 Å². The van der Waals surface area contributed by atoms with Crippen LogP contribution in [0.5, 0.6) is 0 Å². The maximum atomic E-state index is 11.3. The van der Waals surface area contributed by atoms with Crippen LogP contribution < -0.4 is 0 Å². The summed E-state index contributed by atoms with van der Waals surface area (Å²) >= 11 is 0. The van der Waals surface area contributed by atoms with E-state index < -0.39 is 29.5 Å². The van der Waals surface area contributed by atoms with Crippen molar-refractivity contribution in [3.05, 3.63) is 11.8 Å². The minimum Gasteiger partial charge on any atom is -0.478 e. The number of carboxylic acid groups (broad SMARTS) is 1. The van der Waals surface area contributed by atoms with Crippen molar-refractivity contribution >= 4 is 23.8 Å². The van der Waals surface area contributed by atoms with Crippen LogP contribution >= 0.6 is 0 Å². The van der Waals surface area contributed by atoms with Crippen molar-refractivity contribution in [3.63, 3.8) is 0 Å². The number of imide groups is 1. The quantitative estimate of drug-likeness (QED) is 0.387. The molecule has 16 heavy (non-hydrogen) atoms. The van der Waals surface area contributed by atoms with Crippen LogP contribution in [0.4, 0.5) is 0 Å². The summed E-state index contributed by atoms with van der Waals surface area (Å²) in [5, 5.41) is 8.53. The van der Waals surface area contributed by atoms with Crippen LogP contribution in [0.3, 0.4) is 0 Å². The number of esters is 1. The third-order valence-corrected chi connectivity index (χ3v) is 1.95. The van der Waals surface area contributed by atoms with E-state index in [4.69, 9.17) is 5.11 Å². The van der Waals surface area contributed by atoms with Gasteiger partial charge in [-0.2, -0.15) is 0 Å². The summed E-state index contributed by atoms with van der Waals surface area (Å²) in [6.45, 7) is 0. The van der Waals surface area contributed by atoms with E-state index in [0.29, 0.717) is 11.0 Å². The molecule has 7 heteroatoms. The lowest BCUT2D eigenvalue weighted by Crippen LogP contribution is -2.33. The number of rotatable bonds is 3. The fraction of sp³-hybridized carbons (Fsp3) is 0.333. The zero-order valence-electron chi connectivity index (χ0n) is 8.43. The first kappa shape index (κ1) is 11.9. The molecule has 1 aliphatic rings. The maximum absolute atomic E-state index is 11.3. The predicted octanol–water partition coefficient (Wildman–Crippen LogP) is -0.723. The van der Waals surface area contributed by atoms with Crippen molar-refractivity contribution < 1.29 is 29.0 Å². The molecule has 1 heterocycles. The number of carboxylic acids is 1. The number of hydrogen-bond donors (Lipinski definition) is 1. The molecule has 0 atom stereocenters. The maximum Gasteiger partial charge on any atom is 0.355 e. The highest BCUT2D eigenvalue weighted by Crippen LogP contribution is 2.18. The highest BCUT2D eigenvalue weighted by molar-refractivity contribution is 6.10. The van der Waals surface area contributed by atoms with E-state index in [-0.39, 0.29) is 12.8 Å². The van der Waals surface area contributed by atoms with Crippen molar-refractivity contribution in [1.29, 1.82) is 0 Å². The lowest BCUT2D eigenvalue weighted by Gasteiger charge is -2.14. The first-order valence-corrected chi connectivity index (χ1v) is 4.36. The summed E-state index contributed by atoms with van der Waals surface area (Å²) < 4.78 is 4.31. The molecule has 0 saturated carbocycles. The SMILES string of the molecule is COC(=O)/C(=C/C(=O)O)N1C(=O)CCC1=O. The summed E-state index contributed by atoms with van der Waals surface area (Å²) in [5.74, 6) is -3.69. The van der Waals surface area contributed by atoms with Crippen LogP contribution in [-0.2, 0) is 23.9 Å². The normalized spacial score (nSPS) is 16.6. The van der Waals surface area contributed by atoms with E-state index in [0.717, 1.165) is 7.11 Å². The molecular formula is C9H9NO6. The lowest BCUT2D eigenvalue weighted by atomic mass is 10.3. The molecule has 0 aromatic heterocycles. The highest BCUT2D eigenvalue weighted by Gasteiger charge is 2.35. The highest BCUT2D eigenvalue weighted by atomic mass is 16.5. The molecule has 1 N–H and O–H groups in total. The number of methoxy groups -OCH3 is 1. The number of carbonyl (C=O) groups is 4. The molecule has 0 bridgehead atoms. The summed E-state index contributed by atoms with van der Waals surface area (Å²) in [6.07, 6.45) is 0.409. The van der Waals surface area contributed by atoms with Gasteiger partial charge in [0.1, 0.15) is 5.70 Å². The molecule has 0 unspecified atom stereocenters. The average molecular weight is 227 g/mol. The van der Waals surface area contributed by atoms with Crippen LogP contribution in [0.1, 0.15) is 12.8 Å². The Balaban J connectivity index is 3.11. The standard InChI is InChI=1S/C9H9NO6/c1-16-9(15)5(4-8(13)14)10-6(11)2-3-7(10)12/h4H,2-3H2,1H3,(H,13,14)/b5-4-. The van der Waals surface area contributed by atoms with Crippen LogP contribution in [0.25, 0.3) is 0 Å². The molecule has 86 valence electrons. The van der Waals surface area contributed by atoms with Gasteiger partial charge in [0.25, 0.3) is 0 Å². The van der Waals surface area contributed by atoms with Crippen LogP contribution in [0.2, 0.25) is 0 Å². The van der Waals surface area contributed by atoms with E-state index in [9.17, 15) is 19.2 Å². The van der Waals surface area contributed by atoms with E-state index in [2.05, 4.69) is 4.74 Å². The second-order valence-corrected chi connectivity index (χ2v) is 2.98. The van der Waals surface area contributed by atoms with Gasteiger partial charge in [0.05, 0.1) is 13.2 Å². The van der Waals surface area contributed by atoms with Crippen molar-refractivity contribution in [3.8, 4) is 0 Å². The Morgan fingerprint density at radius 2 is 1.81 bits per heavy atom. The van der Waals surface area contributed by atoms with Gasteiger partial charge in [-0.25, -0.2) is 14.5 Å². The summed E-state index contributed by atoms with van der Waals surface area (Å²) in [5.41, 5.74) is -0.567. The Bertz CT molecular complexity index is 381. The Morgan fingerprint density at radius 3 is 2.19 bits per heavy atom. The molecule has 0 aromatic rings. The molecular weight excluding hydrogens is 218 g/mol. The number of ether oxygens (including phenoxy) is 1. The smallest absolute Gasteiger partial charge is 0.355 e. The largest absolute Gasteiger partial charge is 0.478 e. The Morgan fingerprint density at radius 1 is 1.31 bits per heavy atom. The minimum absolute atomic E-state index is 0.0349. The average Bonchev–Trinajstić information content (AvgIpc) is 2.54. The van der Waals surface area contributed by atoms with Crippen LogP contribution in [0.15, 0.2) is 11.8 Å². The fourth-order valence-corrected chi connectivity index (χ4v) is 1.28. The van der Waals surface area contributed by atoms with Gasteiger partial charge in [-0.15, -0.1) is 0 Å². The Hall–Kier alpha value is -2.18. The zero-order valence-corrected chi connectivity index (χ0v) is 8.43. The fourth-order valence-electron chi connectivity index (χ4n) is 1.28. The summed E-state index contributed by atoms with van der Waals surface area (Å²) in [4.78, 5) is 44.8. The molecule has 0 radical (unpaired) electrons. The van der Waals surface area contributed by atoms with Gasteiger partial charge >= 0.3 is 11.9 Å². The van der Waals surface area contributed by atoms with Crippen LogP contribution in [-0.4, -0.2) is 40.9 Å². The number of hydrogen-bond acceptors (Lipinski definition) is 5. The second kappa shape index (κ2) is 4.56. The number of carbonyl (C=O) groups excluding carboxylic acids is 3. The van der Waals surface area contributed by atoms with E-state index in [1.165, 1.54) is 0 Å². The topological polar surface area (TPSA) is 101 Å². The molecule has 1 aliphatic heterocycles. The number of amides is 2. The van der Waals surface area contributed by atoms with Gasteiger partial charge in [-0.3, -0.25) is 9.59 Å². The molecule has 0 aliphatic carbocycles. The molecule has 0 spiro atoms. The van der Waals surface area contributed by atoms with Crippen molar-refractivity contribution in [2.24, 2.45) is 0 Å². The molecule has 0 aromatic carbocycles. The monoisotopic (exact) mass is 227 g/mol. The Labute approximate surface area is 90.3 Å². The number of likely N-dealkylation sites (tertiary alicyclic amines) is 1. The van der Waals surface area contributed by atoms with Gasteiger partial charge in [0, 0.05) is 12.8 Å². The molecule has 1 saturated heterocycles. The molecule has 1 fully saturated rings. The van der Waals surface area contributed by atoms with E-state index >= 15 is 0 Å². The third-order valence-electron chi connectivity index (χ3n) is 1.95. The molecule has 1 rings (SSSR count). The summed E-state index contributed by atoms with van der Waals surface area (Å²) in [7, 11) is 1.03. The van der Waals surface area contributed by atoms with Gasteiger partial charge in [0.15, 0.2) is 0 Å². The van der Waals surface area contributed by atoms with Crippen molar-refractivity contribution in [2.45, 2.75) is 12.8 Å². The lowest BCUT2D eigenvalue weighted by molar-refractivity contribution is -0.145. The predicted molar refractivity (Wildman–Crippen MR) is 48.8 cm³/mol. The first-order chi connectivity index (χ1) is 7.47. The van der Waals surface area contributed by atoms with Gasteiger partial charge in [-0.05, 0) is 0 Å². The number of aliphatic carboxylic acids is 1.